The summed E-state index contributed by atoms with van der Waals surface area (Å²) in [6.45, 7) is 2.03. The highest BCUT2D eigenvalue weighted by Crippen LogP contribution is 2.28. The first-order chi connectivity index (χ1) is 10.1. The van der Waals surface area contributed by atoms with Crippen LogP contribution >= 0.6 is 0 Å². The van der Waals surface area contributed by atoms with Crippen LogP contribution < -0.4 is 8.92 Å². The molecule has 0 aliphatic carbocycles. The molecular formula is C16H18O4S. The molecule has 2 aromatic rings. The van der Waals surface area contributed by atoms with Gasteiger partial charge in [0.25, 0.3) is 0 Å². The molecule has 0 saturated carbocycles. The third kappa shape index (κ3) is 3.76. The van der Waals surface area contributed by atoms with Crippen LogP contribution in [0.1, 0.15) is 18.9 Å². The Bertz CT molecular complexity index is 693. The number of hydrogen-bond donors (Lipinski definition) is 0. The highest BCUT2D eigenvalue weighted by Gasteiger charge is 2.18. The second-order valence-corrected chi connectivity index (χ2v) is 6.12. The van der Waals surface area contributed by atoms with Gasteiger partial charge in [-0.1, -0.05) is 37.6 Å². The van der Waals surface area contributed by atoms with E-state index in [2.05, 4.69) is 0 Å². The molecule has 0 N–H and O–H groups in total. The van der Waals surface area contributed by atoms with E-state index in [-0.39, 0.29) is 4.90 Å². The minimum absolute atomic E-state index is 0.135. The van der Waals surface area contributed by atoms with Gasteiger partial charge in [-0.3, -0.25) is 0 Å². The molecule has 0 aromatic heterocycles. The Labute approximate surface area is 125 Å². The first-order valence-electron chi connectivity index (χ1n) is 6.73. The maximum atomic E-state index is 12.3. The van der Waals surface area contributed by atoms with Gasteiger partial charge in [0.15, 0.2) is 0 Å². The van der Waals surface area contributed by atoms with Crippen LogP contribution in [0.25, 0.3) is 0 Å². The summed E-state index contributed by atoms with van der Waals surface area (Å²) in [7, 11) is -2.30. The van der Waals surface area contributed by atoms with Crippen LogP contribution in [0.3, 0.4) is 0 Å². The summed E-state index contributed by atoms with van der Waals surface area (Å²) >= 11 is 0. The molecule has 0 saturated heterocycles. The molecule has 2 rings (SSSR count). The third-order valence-corrected chi connectivity index (χ3v) is 4.27. The second kappa shape index (κ2) is 6.63. The predicted octanol–water partition coefficient (Wildman–Crippen LogP) is 3.42. The van der Waals surface area contributed by atoms with E-state index in [1.54, 1.807) is 30.3 Å². The molecule has 0 aliphatic heterocycles. The van der Waals surface area contributed by atoms with Gasteiger partial charge in [0.2, 0.25) is 0 Å². The minimum atomic E-state index is -3.83. The standard InChI is InChI=1S/C16H18O4S/c1-3-7-13-10-11-14(19-2)12-16(13)20-21(17,18)15-8-5-4-6-9-15/h4-6,8-12H,3,7H2,1-2H3. The van der Waals surface area contributed by atoms with Crippen molar-refractivity contribution in [3.8, 4) is 11.5 Å². The van der Waals surface area contributed by atoms with Gasteiger partial charge in [0.1, 0.15) is 16.4 Å². The molecule has 112 valence electrons. The van der Waals surface area contributed by atoms with E-state index in [0.29, 0.717) is 11.5 Å². The molecule has 0 atom stereocenters. The van der Waals surface area contributed by atoms with Crippen molar-refractivity contribution in [3.63, 3.8) is 0 Å². The van der Waals surface area contributed by atoms with E-state index in [1.165, 1.54) is 19.2 Å². The van der Waals surface area contributed by atoms with Crippen molar-refractivity contribution in [1.82, 2.24) is 0 Å². The van der Waals surface area contributed by atoms with Crippen molar-refractivity contribution in [2.45, 2.75) is 24.7 Å². The van der Waals surface area contributed by atoms with E-state index < -0.39 is 10.1 Å². The lowest BCUT2D eigenvalue weighted by Crippen LogP contribution is -2.11. The van der Waals surface area contributed by atoms with E-state index in [1.807, 2.05) is 13.0 Å². The van der Waals surface area contributed by atoms with Crippen molar-refractivity contribution >= 4 is 10.1 Å². The van der Waals surface area contributed by atoms with Crippen LogP contribution in [0.15, 0.2) is 53.4 Å². The average molecular weight is 306 g/mol. The fraction of sp³-hybridized carbons (Fsp3) is 0.250. The Kier molecular flexibility index (Phi) is 4.85. The van der Waals surface area contributed by atoms with E-state index in [9.17, 15) is 8.42 Å². The summed E-state index contributed by atoms with van der Waals surface area (Å²) in [5.74, 6) is 0.883. The molecule has 0 unspecified atom stereocenters. The Morgan fingerprint density at radius 1 is 1.05 bits per heavy atom. The van der Waals surface area contributed by atoms with Crippen LogP contribution in [0.5, 0.6) is 11.5 Å². The van der Waals surface area contributed by atoms with Gasteiger partial charge in [-0.15, -0.1) is 0 Å². The summed E-state index contributed by atoms with van der Waals surface area (Å²) in [5, 5.41) is 0. The Hall–Kier alpha value is -2.01. The van der Waals surface area contributed by atoms with E-state index >= 15 is 0 Å². The van der Waals surface area contributed by atoms with E-state index in [0.717, 1.165) is 18.4 Å². The third-order valence-electron chi connectivity index (χ3n) is 3.03. The van der Waals surface area contributed by atoms with Crippen molar-refractivity contribution in [3.05, 3.63) is 54.1 Å². The summed E-state index contributed by atoms with van der Waals surface area (Å²) < 4.78 is 35.0. The molecule has 0 spiro atoms. The molecule has 0 radical (unpaired) electrons. The summed E-state index contributed by atoms with van der Waals surface area (Å²) in [5.41, 5.74) is 0.845. The second-order valence-electron chi connectivity index (χ2n) is 4.57. The number of benzene rings is 2. The topological polar surface area (TPSA) is 52.6 Å². The Morgan fingerprint density at radius 3 is 2.38 bits per heavy atom. The lowest BCUT2D eigenvalue weighted by atomic mass is 10.1. The summed E-state index contributed by atoms with van der Waals surface area (Å²) in [4.78, 5) is 0.135. The predicted molar refractivity (Wildman–Crippen MR) is 81.2 cm³/mol. The SMILES string of the molecule is CCCc1ccc(OC)cc1OS(=O)(=O)c1ccccc1. The van der Waals surface area contributed by atoms with Crippen LogP contribution in [0, 0.1) is 0 Å². The quantitative estimate of drug-likeness (QED) is 0.767. The molecule has 0 heterocycles. The molecule has 0 amide bonds. The molecule has 21 heavy (non-hydrogen) atoms. The lowest BCUT2D eigenvalue weighted by Gasteiger charge is -2.12. The monoisotopic (exact) mass is 306 g/mol. The number of aryl methyl sites for hydroxylation is 1. The van der Waals surface area contributed by atoms with Gasteiger partial charge in [-0.05, 0) is 30.2 Å². The van der Waals surface area contributed by atoms with Gasteiger partial charge >= 0.3 is 10.1 Å². The van der Waals surface area contributed by atoms with Crippen LogP contribution in [0.2, 0.25) is 0 Å². The largest absolute Gasteiger partial charge is 0.497 e. The minimum Gasteiger partial charge on any atom is -0.497 e. The van der Waals surface area contributed by atoms with Crippen molar-refractivity contribution in [1.29, 1.82) is 0 Å². The average Bonchev–Trinajstić information content (AvgIpc) is 2.50. The number of methoxy groups -OCH3 is 1. The fourth-order valence-electron chi connectivity index (χ4n) is 1.97. The zero-order valence-electron chi connectivity index (χ0n) is 12.1. The first-order valence-corrected chi connectivity index (χ1v) is 8.14. The Balaban J connectivity index is 2.37. The van der Waals surface area contributed by atoms with Crippen molar-refractivity contribution in [2.75, 3.05) is 7.11 Å². The van der Waals surface area contributed by atoms with Crippen LogP contribution in [0.4, 0.5) is 0 Å². The van der Waals surface area contributed by atoms with Crippen molar-refractivity contribution in [2.24, 2.45) is 0 Å². The maximum Gasteiger partial charge on any atom is 0.339 e. The zero-order valence-corrected chi connectivity index (χ0v) is 12.9. The fourth-order valence-corrected chi connectivity index (χ4v) is 2.95. The molecule has 4 nitrogen and oxygen atoms in total. The van der Waals surface area contributed by atoms with Gasteiger partial charge in [-0.25, -0.2) is 0 Å². The van der Waals surface area contributed by atoms with Gasteiger partial charge < -0.3 is 8.92 Å². The lowest BCUT2D eigenvalue weighted by molar-refractivity contribution is 0.411. The summed E-state index contributed by atoms with van der Waals surface area (Å²) in [6.07, 6.45) is 1.64. The number of hydrogen-bond acceptors (Lipinski definition) is 4. The molecule has 0 bridgehead atoms. The van der Waals surface area contributed by atoms with Crippen molar-refractivity contribution < 1.29 is 17.3 Å². The molecule has 2 aromatic carbocycles. The molecular weight excluding hydrogens is 288 g/mol. The Morgan fingerprint density at radius 2 is 1.76 bits per heavy atom. The zero-order chi connectivity index (χ0) is 15.3. The molecule has 5 heteroatoms. The highest BCUT2D eigenvalue weighted by atomic mass is 32.2. The van der Waals surface area contributed by atoms with Crippen LogP contribution in [-0.2, 0) is 16.5 Å². The smallest absolute Gasteiger partial charge is 0.339 e. The number of ether oxygens (including phenoxy) is 1. The molecule has 0 fully saturated rings. The normalized spacial score (nSPS) is 11.1. The van der Waals surface area contributed by atoms with Gasteiger partial charge in [0.05, 0.1) is 7.11 Å². The highest BCUT2D eigenvalue weighted by molar-refractivity contribution is 7.87. The van der Waals surface area contributed by atoms with Crippen LogP contribution in [-0.4, -0.2) is 15.5 Å². The van der Waals surface area contributed by atoms with E-state index in [4.69, 9.17) is 8.92 Å². The first kappa shape index (κ1) is 15.4. The summed E-state index contributed by atoms with van der Waals surface area (Å²) in [6, 6.07) is 13.3. The maximum absolute atomic E-state index is 12.3. The number of rotatable bonds is 6. The van der Waals surface area contributed by atoms with Gasteiger partial charge in [-0.2, -0.15) is 8.42 Å². The van der Waals surface area contributed by atoms with Gasteiger partial charge in [0, 0.05) is 6.07 Å². The molecule has 0 aliphatic rings.